The van der Waals surface area contributed by atoms with Crippen molar-refractivity contribution in [2.75, 3.05) is 11.9 Å². The number of anilines is 1. The summed E-state index contributed by atoms with van der Waals surface area (Å²) in [4.78, 5) is 26.5. The molecule has 0 aliphatic heterocycles. The van der Waals surface area contributed by atoms with Crippen LogP contribution < -0.4 is 10.6 Å². The maximum Gasteiger partial charge on any atom is 0.262 e. The van der Waals surface area contributed by atoms with Crippen LogP contribution in [-0.4, -0.2) is 27.4 Å². The zero-order valence-electron chi connectivity index (χ0n) is 17.8. The van der Waals surface area contributed by atoms with Gasteiger partial charge in [-0.25, -0.2) is 9.97 Å². The number of H-pyrrole nitrogens is 1. The Hall–Kier alpha value is -3.65. The number of aryl methyl sites for hydroxylation is 1. The largest absolute Gasteiger partial charge is 0.467 e. The number of aromatic nitrogens is 3. The standard InChI is InChI=1S/C24H23N5O2S/c1-14-20-22(25-10-9-16-12-26-18-7-4-3-6-17(16)18)27-13-28-24(20)32-21(14)23(30)29-15(2)19-8-5-11-31-19/h3-8,11-13,15,26H,9-10H2,1-2H3,(H,29,30)(H,25,27,28). The minimum atomic E-state index is -0.220. The smallest absolute Gasteiger partial charge is 0.262 e. The Labute approximate surface area is 188 Å². The average Bonchev–Trinajstić information content (AvgIpc) is 3.54. The van der Waals surface area contributed by atoms with Crippen molar-refractivity contribution in [3.63, 3.8) is 0 Å². The summed E-state index contributed by atoms with van der Waals surface area (Å²) >= 11 is 1.38. The van der Waals surface area contributed by atoms with Gasteiger partial charge >= 0.3 is 0 Å². The monoisotopic (exact) mass is 445 g/mol. The molecule has 0 radical (unpaired) electrons. The van der Waals surface area contributed by atoms with E-state index in [4.69, 9.17) is 4.42 Å². The molecule has 4 aromatic heterocycles. The number of rotatable bonds is 7. The molecule has 5 rings (SSSR count). The van der Waals surface area contributed by atoms with Crippen LogP contribution in [-0.2, 0) is 6.42 Å². The van der Waals surface area contributed by atoms with Crippen molar-refractivity contribution in [2.45, 2.75) is 26.3 Å². The number of hydrogen-bond donors (Lipinski definition) is 3. The van der Waals surface area contributed by atoms with Gasteiger partial charge in [-0.2, -0.15) is 0 Å². The number of thiophene rings is 1. The molecule has 7 nitrogen and oxygen atoms in total. The van der Waals surface area contributed by atoms with E-state index in [0.717, 1.165) is 45.8 Å². The Morgan fingerprint density at radius 1 is 1.22 bits per heavy atom. The zero-order valence-corrected chi connectivity index (χ0v) is 18.6. The number of nitrogens with zero attached hydrogens (tertiary/aromatic N) is 2. The number of carbonyl (C=O) groups is 1. The fourth-order valence-corrected chi connectivity index (χ4v) is 5.00. The highest BCUT2D eigenvalue weighted by Gasteiger charge is 2.21. The molecule has 1 unspecified atom stereocenters. The first kappa shape index (κ1) is 20.3. The van der Waals surface area contributed by atoms with E-state index in [1.54, 1.807) is 12.6 Å². The highest BCUT2D eigenvalue weighted by Crippen LogP contribution is 2.33. The van der Waals surface area contributed by atoms with Crippen LogP contribution in [0.2, 0.25) is 0 Å². The van der Waals surface area contributed by atoms with E-state index in [-0.39, 0.29) is 11.9 Å². The van der Waals surface area contributed by atoms with Crippen molar-refractivity contribution in [3.05, 3.63) is 76.9 Å². The van der Waals surface area contributed by atoms with E-state index in [2.05, 4.69) is 50.0 Å². The van der Waals surface area contributed by atoms with E-state index in [0.29, 0.717) is 4.88 Å². The third-order valence-corrected chi connectivity index (χ3v) is 6.81. The normalized spacial score (nSPS) is 12.3. The van der Waals surface area contributed by atoms with Crippen LogP contribution in [0.3, 0.4) is 0 Å². The number of furan rings is 1. The molecule has 0 bridgehead atoms. The molecule has 4 heterocycles. The third kappa shape index (κ3) is 3.73. The Balaban J connectivity index is 1.34. The summed E-state index contributed by atoms with van der Waals surface area (Å²) < 4.78 is 5.40. The molecule has 0 fully saturated rings. The molecule has 0 saturated carbocycles. The van der Waals surface area contributed by atoms with Gasteiger partial charge in [0.2, 0.25) is 0 Å². The highest BCUT2D eigenvalue weighted by molar-refractivity contribution is 7.20. The van der Waals surface area contributed by atoms with Crippen LogP contribution in [0.4, 0.5) is 5.82 Å². The number of nitrogens with one attached hydrogen (secondary N) is 3. The topological polar surface area (TPSA) is 95.8 Å². The Bertz CT molecular complexity index is 1390. The minimum absolute atomic E-state index is 0.140. The molecule has 1 aromatic carbocycles. The van der Waals surface area contributed by atoms with E-state index in [1.165, 1.54) is 22.3 Å². The van der Waals surface area contributed by atoms with Crippen LogP contribution in [0.25, 0.3) is 21.1 Å². The molecule has 5 aromatic rings. The maximum atomic E-state index is 12.9. The quantitative estimate of drug-likeness (QED) is 0.319. The molecule has 0 saturated heterocycles. The zero-order chi connectivity index (χ0) is 22.1. The van der Waals surface area contributed by atoms with Crippen molar-refractivity contribution in [1.29, 1.82) is 0 Å². The van der Waals surface area contributed by atoms with Gasteiger partial charge in [0.1, 0.15) is 22.7 Å². The molecule has 8 heteroatoms. The van der Waals surface area contributed by atoms with Gasteiger partial charge in [-0.3, -0.25) is 4.79 Å². The van der Waals surface area contributed by atoms with Gasteiger partial charge in [-0.15, -0.1) is 11.3 Å². The lowest BCUT2D eigenvalue weighted by molar-refractivity contribution is 0.0939. The summed E-state index contributed by atoms with van der Waals surface area (Å²) in [5, 5.41) is 8.58. The van der Waals surface area contributed by atoms with Gasteiger partial charge in [0.05, 0.1) is 22.6 Å². The Morgan fingerprint density at radius 2 is 2.09 bits per heavy atom. The Kier molecular flexibility index (Phi) is 5.36. The average molecular weight is 446 g/mol. The predicted molar refractivity (Wildman–Crippen MR) is 127 cm³/mol. The van der Waals surface area contributed by atoms with Gasteiger partial charge in [-0.05, 0) is 49.6 Å². The van der Waals surface area contributed by atoms with E-state index in [1.807, 2.05) is 32.0 Å². The van der Waals surface area contributed by atoms with Crippen molar-refractivity contribution in [2.24, 2.45) is 0 Å². The van der Waals surface area contributed by atoms with Crippen LogP contribution in [0, 0.1) is 6.92 Å². The van der Waals surface area contributed by atoms with Gasteiger partial charge < -0.3 is 20.0 Å². The summed E-state index contributed by atoms with van der Waals surface area (Å²) in [5.41, 5.74) is 3.27. The fourth-order valence-electron chi connectivity index (χ4n) is 3.95. The van der Waals surface area contributed by atoms with E-state index >= 15 is 0 Å². The van der Waals surface area contributed by atoms with E-state index < -0.39 is 0 Å². The van der Waals surface area contributed by atoms with Gasteiger partial charge in [0, 0.05) is 23.6 Å². The Morgan fingerprint density at radius 3 is 2.94 bits per heavy atom. The molecule has 32 heavy (non-hydrogen) atoms. The van der Waals surface area contributed by atoms with E-state index in [9.17, 15) is 4.79 Å². The molecule has 1 atom stereocenters. The molecule has 1 amide bonds. The third-order valence-electron chi connectivity index (χ3n) is 5.61. The second kappa shape index (κ2) is 8.47. The van der Waals surface area contributed by atoms with Crippen molar-refractivity contribution in [1.82, 2.24) is 20.3 Å². The van der Waals surface area contributed by atoms with Gasteiger partial charge in [0.15, 0.2) is 0 Å². The lowest BCUT2D eigenvalue weighted by atomic mass is 10.1. The minimum Gasteiger partial charge on any atom is -0.467 e. The number of amides is 1. The first-order valence-electron chi connectivity index (χ1n) is 10.5. The van der Waals surface area contributed by atoms with Crippen molar-refractivity contribution < 1.29 is 9.21 Å². The second-order valence-electron chi connectivity index (χ2n) is 7.71. The number of aromatic amines is 1. The van der Waals surface area contributed by atoms with Crippen LogP contribution >= 0.6 is 11.3 Å². The van der Waals surface area contributed by atoms with Crippen LogP contribution in [0.1, 0.15) is 39.5 Å². The SMILES string of the molecule is Cc1c(C(=O)NC(C)c2ccco2)sc2ncnc(NCCc3c[nH]c4ccccc34)c12. The summed E-state index contributed by atoms with van der Waals surface area (Å²) in [6.07, 6.45) is 6.05. The highest BCUT2D eigenvalue weighted by atomic mass is 32.1. The predicted octanol–water partition coefficient (Wildman–Crippen LogP) is 5.22. The molecular formula is C24H23N5O2S. The lowest BCUT2D eigenvalue weighted by Gasteiger charge is -2.11. The summed E-state index contributed by atoms with van der Waals surface area (Å²) in [7, 11) is 0. The molecular weight excluding hydrogens is 422 g/mol. The number of carbonyl (C=O) groups excluding carboxylic acids is 1. The number of benzene rings is 1. The first-order chi connectivity index (χ1) is 15.6. The lowest BCUT2D eigenvalue weighted by Crippen LogP contribution is -2.26. The number of para-hydroxylation sites is 1. The summed E-state index contributed by atoms with van der Waals surface area (Å²) in [6, 6.07) is 11.7. The summed E-state index contributed by atoms with van der Waals surface area (Å²) in [6.45, 7) is 4.57. The van der Waals surface area contributed by atoms with Crippen molar-refractivity contribution >= 4 is 44.2 Å². The van der Waals surface area contributed by atoms with Crippen LogP contribution in [0.15, 0.2) is 59.6 Å². The van der Waals surface area contributed by atoms with Gasteiger partial charge in [0.25, 0.3) is 5.91 Å². The molecule has 0 spiro atoms. The fraction of sp³-hybridized carbons (Fsp3) is 0.208. The molecule has 0 aliphatic carbocycles. The molecule has 162 valence electrons. The molecule has 3 N–H and O–H groups in total. The first-order valence-corrected chi connectivity index (χ1v) is 11.3. The van der Waals surface area contributed by atoms with Crippen molar-refractivity contribution in [3.8, 4) is 0 Å². The number of hydrogen-bond acceptors (Lipinski definition) is 6. The van der Waals surface area contributed by atoms with Crippen LogP contribution in [0.5, 0.6) is 0 Å². The maximum absolute atomic E-state index is 12.9. The second-order valence-corrected chi connectivity index (χ2v) is 8.70. The summed E-state index contributed by atoms with van der Waals surface area (Å²) in [5.74, 6) is 1.33. The van der Waals surface area contributed by atoms with Gasteiger partial charge in [-0.1, -0.05) is 18.2 Å². The number of fused-ring (bicyclic) bond motifs is 2. The molecule has 0 aliphatic rings.